The number of benzene rings is 3. The van der Waals surface area contributed by atoms with Crippen LogP contribution in [0.2, 0.25) is 0 Å². The molecule has 0 aromatic heterocycles. The molecule has 33 heavy (non-hydrogen) atoms. The van der Waals surface area contributed by atoms with Crippen molar-refractivity contribution in [1.29, 1.82) is 5.41 Å². The molecule has 8 nitrogen and oxygen atoms in total. The number of amidine groups is 1. The summed E-state index contributed by atoms with van der Waals surface area (Å²) in [6, 6.07) is 19.0. The van der Waals surface area contributed by atoms with Gasteiger partial charge in [-0.15, -0.1) is 0 Å². The minimum atomic E-state index is -1.11. The number of aliphatic carboxylic acids is 1. The molecule has 3 aromatic rings. The number of Topliss-reactive ketones (excluding diaryl/α,β-unsaturated/α-hetero) is 1. The van der Waals surface area contributed by atoms with Gasteiger partial charge in [-0.1, -0.05) is 30.3 Å². The smallest absolute Gasteiger partial charge is 0.330 e. The molecular formula is C25H25N3O5. The summed E-state index contributed by atoms with van der Waals surface area (Å²) >= 11 is 0. The summed E-state index contributed by atoms with van der Waals surface area (Å²) < 4.78 is 11.3. The Morgan fingerprint density at radius 2 is 1.61 bits per heavy atom. The van der Waals surface area contributed by atoms with Gasteiger partial charge in [0, 0.05) is 22.9 Å². The quantitative estimate of drug-likeness (QED) is 0.199. The van der Waals surface area contributed by atoms with E-state index in [9.17, 15) is 14.7 Å². The van der Waals surface area contributed by atoms with Gasteiger partial charge in [-0.05, 0) is 48.9 Å². The molecule has 3 rings (SSSR count). The molecule has 0 heterocycles. The maximum atomic E-state index is 12.4. The largest absolute Gasteiger partial charge is 0.494 e. The Kier molecular flexibility index (Phi) is 7.64. The zero-order valence-corrected chi connectivity index (χ0v) is 18.1. The Balaban J connectivity index is 1.83. The molecule has 0 aliphatic rings. The van der Waals surface area contributed by atoms with E-state index < -0.39 is 12.0 Å². The first-order valence-corrected chi connectivity index (χ1v) is 10.3. The summed E-state index contributed by atoms with van der Waals surface area (Å²) in [6.07, 6.45) is 0. The molecule has 0 unspecified atom stereocenters. The number of carbonyl (C=O) groups excluding carboxylic acids is 1. The lowest BCUT2D eigenvalue weighted by molar-refractivity contribution is -0.138. The van der Waals surface area contributed by atoms with Crippen LogP contribution in [0.3, 0.4) is 0 Å². The zero-order valence-electron chi connectivity index (χ0n) is 18.1. The summed E-state index contributed by atoms with van der Waals surface area (Å²) in [7, 11) is 0. The summed E-state index contributed by atoms with van der Waals surface area (Å²) in [4.78, 5) is 24.4. The molecule has 0 amide bonds. The third-order valence-corrected chi connectivity index (χ3v) is 4.77. The van der Waals surface area contributed by atoms with Crippen molar-refractivity contribution in [3.8, 4) is 11.5 Å². The lowest BCUT2D eigenvalue weighted by atomic mass is 10.0. The topological polar surface area (TPSA) is 135 Å². The Morgan fingerprint density at radius 3 is 2.18 bits per heavy atom. The van der Waals surface area contributed by atoms with Gasteiger partial charge < -0.3 is 25.6 Å². The van der Waals surface area contributed by atoms with Crippen molar-refractivity contribution < 1.29 is 24.2 Å². The van der Waals surface area contributed by atoms with E-state index in [2.05, 4.69) is 5.32 Å². The minimum absolute atomic E-state index is 0.0763. The predicted molar refractivity (Wildman–Crippen MR) is 125 cm³/mol. The van der Waals surface area contributed by atoms with Crippen LogP contribution in [0.1, 0.15) is 34.5 Å². The van der Waals surface area contributed by atoms with E-state index in [1.54, 1.807) is 66.7 Å². The number of hydrogen-bond donors (Lipinski definition) is 4. The van der Waals surface area contributed by atoms with E-state index in [-0.39, 0.29) is 18.2 Å². The normalized spacial score (nSPS) is 11.3. The number of nitrogens with one attached hydrogen (secondary N) is 2. The summed E-state index contributed by atoms with van der Waals surface area (Å²) in [5.74, 6) is -0.632. The van der Waals surface area contributed by atoms with Gasteiger partial charge in [0.05, 0.1) is 6.61 Å². The number of carbonyl (C=O) groups is 2. The van der Waals surface area contributed by atoms with Crippen LogP contribution in [-0.2, 0) is 4.79 Å². The van der Waals surface area contributed by atoms with Gasteiger partial charge in [0.1, 0.15) is 17.3 Å². The van der Waals surface area contributed by atoms with Gasteiger partial charge in [-0.2, -0.15) is 0 Å². The van der Waals surface area contributed by atoms with Crippen LogP contribution in [0.25, 0.3) is 0 Å². The second kappa shape index (κ2) is 10.8. The van der Waals surface area contributed by atoms with Crippen molar-refractivity contribution in [2.45, 2.75) is 13.0 Å². The van der Waals surface area contributed by atoms with Crippen LogP contribution in [0.15, 0.2) is 72.8 Å². The molecule has 8 heteroatoms. The monoisotopic (exact) mass is 447 g/mol. The highest BCUT2D eigenvalue weighted by molar-refractivity contribution is 5.97. The number of nitrogen functional groups attached to an aromatic ring is 1. The molecule has 3 aromatic carbocycles. The Bertz CT molecular complexity index is 1130. The molecule has 170 valence electrons. The van der Waals surface area contributed by atoms with Crippen LogP contribution >= 0.6 is 0 Å². The molecule has 5 N–H and O–H groups in total. The molecule has 1 atom stereocenters. The van der Waals surface area contributed by atoms with Crippen molar-refractivity contribution in [1.82, 2.24) is 0 Å². The summed E-state index contributed by atoms with van der Waals surface area (Å²) in [6.45, 7) is 2.00. The van der Waals surface area contributed by atoms with Crippen LogP contribution in [0, 0.1) is 5.41 Å². The fourth-order valence-electron chi connectivity index (χ4n) is 3.15. The zero-order chi connectivity index (χ0) is 23.8. The maximum Gasteiger partial charge on any atom is 0.330 e. The Hall–Kier alpha value is -4.33. The molecule has 0 bridgehead atoms. The molecule has 0 radical (unpaired) electrons. The number of nitrogens with two attached hydrogens (primary N) is 1. The van der Waals surface area contributed by atoms with Crippen molar-refractivity contribution in [3.63, 3.8) is 0 Å². The van der Waals surface area contributed by atoms with Crippen LogP contribution < -0.4 is 20.5 Å². The first kappa shape index (κ1) is 23.3. The van der Waals surface area contributed by atoms with Crippen LogP contribution in [0.4, 0.5) is 5.69 Å². The molecule has 0 fully saturated rings. The van der Waals surface area contributed by atoms with Crippen LogP contribution in [0.5, 0.6) is 11.5 Å². The van der Waals surface area contributed by atoms with Gasteiger partial charge in [0.2, 0.25) is 0 Å². The van der Waals surface area contributed by atoms with Crippen LogP contribution in [-0.4, -0.2) is 35.9 Å². The number of carboxylic acid groups (broad SMARTS) is 1. The minimum Gasteiger partial charge on any atom is -0.494 e. The maximum absolute atomic E-state index is 12.4. The molecule has 0 aliphatic carbocycles. The van der Waals surface area contributed by atoms with Crippen molar-refractivity contribution in [3.05, 3.63) is 89.5 Å². The van der Waals surface area contributed by atoms with E-state index in [4.69, 9.17) is 20.6 Å². The average molecular weight is 447 g/mol. The molecule has 0 spiro atoms. The number of ketones is 1. The van der Waals surface area contributed by atoms with E-state index in [1.165, 1.54) is 0 Å². The number of anilines is 1. The number of ether oxygens (including phenoxy) is 2. The van der Waals surface area contributed by atoms with Crippen molar-refractivity contribution in [2.75, 3.05) is 18.5 Å². The number of carboxylic acids is 1. The fourth-order valence-corrected chi connectivity index (χ4v) is 3.15. The first-order chi connectivity index (χ1) is 15.9. The Morgan fingerprint density at radius 1 is 0.970 bits per heavy atom. The molecule has 0 aliphatic heterocycles. The van der Waals surface area contributed by atoms with Gasteiger partial charge in [-0.3, -0.25) is 10.2 Å². The standard InChI is InChI=1S/C25H25N3O5/c1-2-32-20-12-18(13-21(14-20)33-15-22(29)16-6-4-3-5-7-16)23(25(30)31)28-19-10-8-17(9-11-19)24(26)27/h3-14,23,28H,2,15H2,1H3,(H3,26,27)(H,30,31)/t23-/m1/s1. The van der Waals surface area contributed by atoms with Gasteiger partial charge in [0.25, 0.3) is 0 Å². The van der Waals surface area contributed by atoms with Crippen molar-refractivity contribution >= 4 is 23.3 Å². The highest BCUT2D eigenvalue weighted by Crippen LogP contribution is 2.29. The second-order valence-electron chi connectivity index (χ2n) is 7.16. The summed E-state index contributed by atoms with van der Waals surface area (Å²) in [5, 5.41) is 20.3. The highest BCUT2D eigenvalue weighted by Gasteiger charge is 2.22. The number of hydrogen-bond acceptors (Lipinski definition) is 6. The molecule has 0 saturated carbocycles. The third-order valence-electron chi connectivity index (χ3n) is 4.77. The predicted octanol–water partition coefficient (Wildman–Crippen LogP) is 3.87. The number of rotatable bonds is 11. The SMILES string of the molecule is CCOc1cc(OCC(=O)c2ccccc2)cc([C@@H](Nc2ccc(C(=N)N)cc2)C(=O)O)c1. The Labute approximate surface area is 191 Å². The fraction of sp³-hybridized carbons (Fsp3) is 0.160. The van der Waals surface area contributed by atoms with E-state index in [0.717, 1.165) is 0 Å². The lowest BCUT2D eigenvalue weighted by Gasteiger charge is -2.19. The third kappa shape index (κ3) is 6.33. The van der Waals surface area contributed by atoms with Crippen molar-refractivity contribution in [2.24, 2.45) is 5.73 Å². The van der Waals surface area contributed by atoms with E-state index in [1.807, 2.05) is 13.0 Å². The van der Waals surface area contributed by atoms with E-state index >= 15 is 0 Å². The average Bonchev–Trinajstić information content (AvgIpc) is 2.81. The second-order valence-corrected chi connectivity index (χ2v) is 7.16. The first-order valence-electron chi connectivity index (χ1n) is 10.3. The van der Waals surface area contributed by atoms with E-state index in [0.29, 0.717) is 40.5 Å². The van der Waals surface area contributed by atoms with Gasteiger partial charge in [-0.25, -0.2) is 4.79 Å². The highest BCUT2D eigenvalue weighted by atomic mass is 16.5. The molecular weight excluding hydrogens is 422 g/mol. The molecule has 0 saturated heterocycles. The van der Waals surface area contributed by atoms with Gasteiger partial charge in [0.15, 0.2) is 18.4 Å². The lowest BCUT2D eigenvalue weighted by Crippen LogP contribution is -2.21. The van der Waals surface area contributed by atoms with Gasteiger partial charge >= 0.3 is 5.97 Å². The summed E-state index contributed by atoms with van der Waals surface area (Å²) in [5.41, 5.74) is 7.46.